The summed E-state index contributed by atoms with van der Waals surface area (Å²) in [5, 5.41) is 4.98. The van der Waals surface area contributed by atoms with Gasteiger partial charge in [-0.3, -0.25) is 9.59 Å². The van der Waals surface area contributed by atoms with Crippen LogP contribution in [0.5, 0.6) is 0 Å². The molecule has 7 nitrogen and oxygen atoms in total. The Morgan fingerprint density at radius 2 is 1.84 bits per heavy atom. The summed E-state index contributed by atoms with van der Waals surface area (Å²) in [7, 11) is 1.39. The SMILES string of the molecule is Cn1c(=NCCF)n(CC(F)F)c2cc(NC(=O)c3cc(F)cc(C(F)(F)F)c3)c3c(c21)C(=O)NC3c1cc(F)ccc1Cl. The van der Waals surface area contributed by atoms with Crippen LogP contribution in [0.25, 0.3) is 11.0 Å². The molecule has 5 rings (SSSR count). The summed E-state index contributed by atoms with van der Waals surface area (Å²) in [6, 6.07) is 4.40. The Morgan fingerprint density at radius 3 is 2.50 bits per heavy atom. The highest BCUT2D eigenvalue weighted by Gasteiger charge is 2.38. The topological polar surface area (TPSA) is 80.4 Å². The summed E-state index contributed by atoms with van der Waals surface area (Å²) in [6.45, 7) is -2.30. The molecule has 2 heterocycles. The van der Waals surface area contributed by atoms with Gasteiger partial charge in [-0.05, 0) is 42.5 Å². The van der Waals surface area contributed by atoms with E-state index in [4.69, 9.17) is 11.6 Å². The molecule has 1 unspecified atom stereocenters. The normalized spacial score (nSPS) is 15.3. The van der Waals surface area contributed by atoms with Crippen LogP contribution in [-0.2, 0) is 19.8 Å². The second kappa shape index (κ2) is 11.6. The average Bonchev–Trinajstić information content (AvgIpc) is 3.41. The molecule has 1 aliphatic rings. The van der Waals surface area contributed by atoms with Gasteiger partial charge in [-0.15, -0.1) is 0 Å². The Kier molecular flexibility index (Phi) is 8.18. The maximum absolute atomic E-state index is 14.3. The van der Waals surface area contributed by atoms with Crippen molar-refractivity contribution in [3.63, 3.8) is 0 Å². The van der Waals surface area contributed by atoms with E-state index in [0.717, 1.165) is 16.7 Å². The van der Waals surface area contributed by atoms with Crippen molar-refractivity contribution in [2.24, 2.45) is 12.0 Å². The van der Waals surface area contributed by atoms with E-state index in [1.165, 1.54) is 23.7 Å². The fourth-order valence-corrected chi connectivity index (χ4v) is 5.44. The number of rotatable bonds is 7. The average molecular weight is 646 g/mol. The Morgan fingerprint density at radius 1 is 1.11 bits per heavy atom. The molecule has 44 heavy (non-hydrogen) atoms. The van der Waals surface area contributed by atoms with Crippen molar-refractivity contribution in [2.75, 3.05) is 18.5 Å². The van der Waals surface area contributed by atoms with E-state index < -0.39 is 73.0 Å². The van der Waals surface area contributed by atoms with Crippen molar-refractivity contribution < 1.29 is 44.7 Å². The molecule has 232 valence electrons. The van der Waals surface area contributed by atoms with E-state index in [1.807, 2.05) is 0 Å². The smallest absolute Gasteiger partial charge is 0.341 e. The third-order valence-electron chi connectivity index (χ3n) is 6.94. The molecular weight excluding hydrogens is 626 g/mol. The number of nitrogens with zero attached hydrogens (tertiary/aromatic N) is 3. The van der Waals surface area contributed by atoms with E-state index in [2.05, 4.69) is 15.6 Å². The van der Waals surface area contributed by atoms with E-state index in [1.54, 1.807) is 0 Å². The van der Waals surface area contributed by atoms with Crippen molar-refractivity contribution in [3.8, 4) is 0 Å². The number of aryl methyl sites for hydroxylation is 1. The maximum Gasteiger partial charge on any atom is 0.416 e. The molecule has 1 atom stereocenters. The monoisotopic (exact) mass is 645 g/mol. The van der Waals surface area contributed by atoms with Gasteiger partial charge in [0.2, 0.25) is 5.62 Å². The predicted octanol–water partition coefficient (Wildman–Crippen LogP) is 6.15. The number of halogens is 9. The third kappa shape index (κ3) is 5.63. The number of amides is 2. The number of nitrogens with one attached hydrogen (secondary N) is 2. The quantitative estimate of drug-likeness (QED) is 0.237. The molecule has 0 bridgehead atoms. The predicted molar refractivity (Wildman–Crippen MR) is 143 cm³/mol. The highest BCUT2D eigenvalue weighted by Crippen LogP contribution is 2.43. The summed E-state index contributed by atoms with van der Waals surface area (Å²) < 4.78 is 111. The number of anilines is 1. The van der Waals surface area contributed by atoms with E-state index in [0.29, 0.717) is 12.1 Å². The number of imidazole rings is 1. The minimum absolute atomic E-state index is 0.000142. The summed E-state index contributed by atoms with van der Waals surface area (Å²) in [5.74, 6) is -4.12. The number of carbonyl (C=O) groups excluding carboxylic acids is 2. The van der Waals surface area contributed by atoms with Crippen molar-refractivity contribution in [1.29, 1.82) is 0 Å². The van der Waals surface area contributed by atoms with Gasteiger partial charge in [-0.2, -0.15) is 13.2 Å². The van der Waals surface area contributed by atoms with Crippen LogP contribution >= 0.6 is 11.6 Å². The molecule has 0 spiro atoms. The Balaban J connectivity index is 1.80. The number of fused-ring (bicyclic) bond motifs is 3. The summed E-state index contributed by atoms with van der Waals surface area (Å²) in [4.78, 5) is 30.8. The number of hydrogen-bond donors (Lipinski definition) is 2. The van der Waals surface area contributed by atoms with Gasteiger partial charge >= 0.3 is 6.18 Å². The fourth-order valence-electron chi connectivity index (χ4n) is 5.22. The van der Waals surface area contributed by atoms with Gasteiger partial charge in [0.25, 0.3) is 18.2 Å². The molecule has 2 amide bonds. The number of alkyl halides is 6. The Bertz CT molecular complexity index is 1880. The molecular formula is C28H20ClF8N5O2. The molecule has 0 aliphatic carbocycles. The first-order valence-corrected chi connectivity index (χ1v) is 13.1. The highest BCUT2D eigenvalue weighted by atomic mass is 35.5. The number of benzene rings is 3. The molecule has 2 N–H and O–H groups in total. The largest absolute Gasteiger partial charge is 0.416 e. The molecule has 0 saturated heterocycles. The van der Waals surface area contributed by atoms with Crippen LogP contribution in [0.15, 0.2) is 47.5 Å². The molecule has 16 heteroatoms. The minimum Gasteiger partial charge on any atom is -0.341 e. The minimum atomic E-state index is -4.99. The molecule has 0 fully saturated rings. The number of hydrogen-bond acceptors (Lipinski definition) is 3. The maximum atomic E-state index is 14.3. The zero-order valence-corrected chi connectivity index (χ0v) is 23.1. The lowest BCUT2D eigenvalue weighted by molar-refractivity contribution is -0.137. The second-order valence-electron chi connectivity index (χ2n) is 9.76. The second-order valence-corrected chi connectivity index (χ2v) is 10.2. The third-order valence-corrected chi connectivity index (χ3v) is 7.29. The highest BCUT2D eigenvalue weighted by molar-refractivity contribution is 6.31. The zero-order chi connectivity index (χ0) is 32.1. The van der Waals surface area contributed by atoms with E-state index in [9.17, 15) is 44.7 Å². The van der Waals surface area contributed by atoms with Crippen molar-refractivity contribution in [3.05, 3.63) is 92.6 Å². The standard InChI is InChI=1S/C28H20ClF8N5O2/c1-41-24-19(42(11-20(33)34)27(41)38-5-4-30)10-18(39-25(43)12-6-13(28(35,36)37)8-15(32)7-12)21-22(24)26(44)40-23(21)16-9-14(31)2-3-17(16)29/h2-3,6-10,20,23H,4-5,11H2,1H3,(H,39,43)(H,40,44). The lowest BCUT2D eigenvalue weighted by atomic mass is 9.95. The van der Waals surface area contributed by atoms with E-state index in [-0.39, 0.29) is 50.1 Å². The Hall–Kier alpha value is -4.40. The van der Waals surface area contributed by atoms with Crippen molar-refractivity contribution >= 4 is 40.1 Å². The Labute approximate surface area is 247 Å². The summed E-state index contributed by atoms with van der Waals surface area (Å²) >= 11 is 6.32. The van der Waals surface area contributed by atoms with Crippen LogP contribution in [0.3, 0.4) is 0 Å². The van der Waals surface area contributed by atoms with Crippen molar-refractivity contribution in [2.45, 2.75) is 25.2 Å². The van der Waals surface area contributed by atoms with Crippen LogP contribution in [0.1, 0.15) is 43.4 Å². The fraction of sp³-hybridized carbons (Fsp3) is 0.250. The molecule has 4 aromatic rings. The first-order valence-electron chi connectivity index (χ1n) is 12.8. The molecule has 3 aromatic carbocycles. The summed E-state index contributed by atoms with van der Waals surface area (Å²) in [6.07, 6.45) is -7.94. The zero-order valence-electron chi connectivity index (χ0n) is 22.4. The van der Waals surface area contributed by atoms with Crippen LogP contribution < -0.4 is 16.3 Å². The molecule has 1 aliphatic heterocycles. The van der Waals surface area contributed by atoms with Gasteiger partial charge in [0.15, 0.2) is 0 Å². The molecule has 1 aromatic heterocycles. The van der Waals surface area contributed by atoms with Crippen LogP contribution in [-0.4, -0.2) is 40.6 Å². The lowest BCUT2D eigenvalue weighted by Crippen LogP contribution is -2.27. The van der Waals surface area contributed by atoms with Gasteiger partial charge in [-0.1, -0.05) is 11.6 Å². The van der Waals surface area contributed by atoms with Gasteiger partial charge in [0, 0.05) is 34.4 Å². The molecule has 0 radical (unpaired) electrons. The van der Waals surface area contributed by atoms with Gasteiger partial charge in [0.1, 0.15) is 18.3 Å². The van der Waals surface area contributed by atoms with Gasteiger partial charge < -0.3 is 19.8 Å². The first kappa shape index (κ1) is 31.0. The lowest BCUT2D eigenvalue weighted by Gasteiger charge is -2.19. The summed E-state index contributed by atoms with van der Waals surface area (Å²) in [5.41, 5.74) is -2.80. The van der Waals surface area contributed by atoms with Crippen LogP contribution in [0.4, 0.5) is 40.8 Å². The van der Waals surface area contributed by atoms with Crippen LogP contribution in [0, 0.1) is 11.6 Å². The van der Waals surface area contributed by atoms with Gasteiger partial charge in [0.05, 0.1) is 41.3 Å². The van der Waals surface area contributed by atoms with Gasteiger partial charge in [-0.25, -0.2) is 26.9 Å². The van der Waals surface area contributed by atoms with Crippen LogP contribution in [0.2, 0.25) is 5.02 Å². The van der Waals surface area contributed by atoms with Crippen molar-refractivity contribution in [1.82, 2.24) is 14.5 Å². The number of carbonyl (C=O) groups is 2. The molecule has 0 saturated carbocycles. The first-order chi connectivity index (χ1) is 20.7. The van der Waals surface area contributed by atoms with E-state index >= 15 is 0 Å². The number of aromatic nitrogens is 2.